The lowest BCUT2D eigenvalue weighted by Gasteiger charge is -2.35. The molecule has 0 spiro atoms. The lowest BCUT2D eigenvalue weighted by Crippen LogP contribution is -2.45. The van der Waals surface area contributed by atoms with Gasteiger partial charge in [-0.15, -0.1) is 31.4 Å². The summed E-state index contributed by atoms with van der Waals surface area (Å²) in [5.41, 5.74) is 0.0845. The number of piperazine rings is 1. The van der Waals surface area contributed by atoms with Gasteiger partial charge in [-0.3, -0.25) is 4.90 Å². The lowest BCUT2D eigenvalue weighted by molar-refractivity contribution is 0.159. The third-order valence-corrected chi connectivity index (χ3v) is 3.94. The highest BCUT2D eigenvalue weighted by Gasteiger charge is 2.27. The first-order chi connectivity index (χ1) is 9.65. The molecule has 0 aliphatic carbocycles. The minimum atomic E-state index is -0.640. The van der Waals surface area contributed by atoms with Gasteiger partial charge in [-0.25, -0.2) is 8.78 Å². The second kappa shape index (κ2) is 10.4. The predicted octanol–water partition coefficient (Wildman–Crippen LogP) is 4.37. The molecule has 1 aliphatic heterocycles. The van der Waals surface area contributed by atoms with E-state index in [2.05, 4.69) is 16.8 Å². The number of nitrogens with one attached hydrogen (secondary N) is 1. The molecule has 0 bridgehead atoms. The number of hydrogen-bond acceptors (Lipinski definition) is 2. The monoisotopic (exact) mass is 372 g/mol. The van der Waals surface area contributed by atoms with Gasteiger partial charge in [0.2, 0.25) is 0 Å². The highest BCUT2D eigenvalue weighted by atomic mass is 35.5. The zero-order chi connectivity index (χ0) is 14.5. The van der Waals surface area contributed by atoms with Crippen molar-refractivity contribution in [1.29, 1.82) is 0 Å². The second-order valence-corrected chi connectivity index (χ2v) is 5.33. The zero-order valence-electron chi connectivity index (χ0n) is 12.2. The fourth-order valence-electron chi connectivity index (χ4n) is 2.63. The van der Waals surface area contributed by atoms with Gasteiger partial charge < -0.3 is 5.32 Å². The van der Waals surface area contributed by atoms with Crippen molar-refractivity contribution in [2.24, 2.45) is 0 Å². The summed E-state index contributed by atoms with van der Waals surface area (Å²) in [6.45, 7) is 6.89. The number of hydrogen-bond donors (Lipinski definition) is 1. The summed E-state index contributed by atoms with van der Waals surface area (Å²) in [5.74, 6) is -1.17. The van der Waals surface area contributed by atoms with Crippen molar-refractivity contribution < 1.29 is 8.78 Å². The molecule has 1 atom stereocenters. The maximum atomic E-state index is 14.3. The van der Waals surface area contributed by atoms with Crippen LogP contribution >= 0.6 is 36.4 Å². The van der Waals surface area contributed by atoms with E-state index in [1.807, 2.05) is 0 Å². The van der Waals surface area contributed by atoms with Crippen LogP contribution in [0.25, 0.3) is 0 Å². The predicted molar refractivity (Wildman–Crippen MR) is 92.5 cm³/mol. The Bertz CT molecular complexity index is 480. The van der Waals surface area contributed by atoms with Crippen molar-refractivity contribution >= 4 is 36.4 Å². The van der Waals surface area contributed by atoms with Gasteiger partial charge in [0.1, 0.15) is 11.6 Å². The van der Waals surface area contributed by atoms with Crippen LogP contribution in [0.5, 0.6) is 0 Å². The topological polar surface area (TPSA) is 15.3 Å². The van der Waals surface area contributed by atoms with Crippen molar-refractivity contribution in [2.45, 2.75) is 18.9 Å². The molecule has 0 saturated carbocycles. The van der Waals surface area contributed by atoms with Gasteiger partial charge in [0, 0.05) is 37.8 Å². The first-order valence-corrected chi connectivity index (χ1v) is 7.22. The Hall–Kier alpha value is -0.390. The van der Waals surface area contributed by atoms with Crippen molar-refractivity contribution in [2.75, 3.05) is 26.2 Å². The Labute approximate surface area is 147 Å². The molecule has 0 radical (unpaired) electrons. The highest BCUT2D eigenvalue weighted by molar-refractivity contribution is 6.30. The molecule has 1 heterocycles. The maximum absolute atomic E-state index is 14.3. The van der Waals surface area contributed by atoms with Crippen LogP contribution in [0.3, 0.4) is 0 Å². The number of rotatable bonds is 5. The average Bonchev–Trinajstić information content (AvgIpc) is 2.47. The molecule has 1 aliphatic rings. The molecule has 2 rings (SSSR count). The van der Waals surface area contributed by atoms with Crippen molar-refractivity contribution in [1.82, 2.24) is 10.2 Å². The van der Waals surface area contributed by atoms with Gasteiger partial charge >= 0.3 is 0 Å². The zero-order valence-corrected chi connectivity index (χ0v) is 14.5. The Kier molecular flexibility index (Phi) is 10.2. The molecule has 0 unspecified atom stereocenters. The van der Waals surface area contributed by atoms with Crippen molar-refractivity contribution in [3.05, 3.63) is 47.0 Å². The summed E-state index contributed by atoms with van der Waals surface area (Å²) in [7, 11) is 0. The Morgan fingerprint density at radius 3 is 2.50 bits per heavy atom. The molecule has 1 aromatic rings. The lowest BCUT2D eigenvalue weighted by atomic mass is 9.98. The van der Waals surface area contributed by atoms with Crippen LogP contribution in [0.4, 0.5) is 8.78 Å². The summed E-state index contributed by atoms with van der Waals surface area (Å²) in [6, 6.07) is 2.20. The Balaban J connectivity index is 0.00000220. The third kappa shape index (κ3) is 5.07. The van der Waals surface area contributed by atoms with E-state index in [9.17, 15) is 8.78 Å². The van der Waals surface area contributed by atoms with Crippen molar-refractivity contribution in [3.8, 4) is 0 Å². The summed E-state index contributed by atoms with van der Waals surface area (Å²) >= 11 is 5.81. The highest BCUT2D eigenvalue weighted by Crippen LogP contribution is 2.33. The Morgan fingerprint density at radius 1 is 1.27 bits per heavy atom. The third-order valence-electron chi connectivity index (χ3n) is 3.65. The Morgan fingerprint density at radius 2 is 1.91 bits per heavy atom. The van der Waals surface area contributed by atoms with Gasteiger partial charge in [0.05, 0.1) is 5.02 Å². The molecule has 0 aromatic heterocycles. The van der Waals surface area contributed by atoms with Crippen LogP contribution in [-0.2, 0) is 0 Å². The van der Waals surface area contributed by atoms with E-state index in [4.69, 9.17) is 11.6 Å². The van der Waals surface area contributed by atoms with E-state index in [-0.39, 0.29) is 41.4 Å². The first-order valence-electron chi connectivity index (χ1n) is 6.84. The van der Waals surface area contributed by atoms with Gasteiger partial charge in [-0.05, 0) is 25.0 Å². The SMILES string of the molecule is C=CCC[C@@H](c1c(F)ccc(Cl)c1F)N1CCNCC1.Cl.Cl. The van der Waals surface area contributed by atoms with Crippen LogP contribution in [0, 0.1) is 11.6 Å². The number of allylic oxidation sites excluding steroid dienone is 1. The quantitative estimate of drug-likeness (QED) is 0.609. The van der Waals surface area contributed by atoms with Crippen LogP contribution in [-0.4, -0.2) is 31.1 Å². The molecular weight excluding hydrogens is 353 g/mol. The normalized spacial score (nSPS) is 16.3. The molecular formula is C15H21Cl3F2N2. The molecule has 2 nitrogen and oxygen atoms in total. The summed E-state index contributed by atoms with van der Waals surface area (Å²) < 4.78 is 28.4. The van der Waals surface area contributed by atoms with Gasteiger partial charge in [0.25, 0.3) is 0 Å². The molecule has 1 fully saturated rings. The summed E-state index contributed by atoms with van der Waals surface area (Å²) in [5, 5.41) is 3.21. The van der Waals surface area contributed by atoms with Crippen LogP contribution in [0.1, 0.15) is 24.4 Å². The second-order valence-electron chi connectivity index (χ2n) is 4.92. The van der Waals surface area contributed by atoms with E-state index >= 15 is 0 Å². The average molecular weight is 374 g/mol. The fourth-order valence-corrected chi connectivity index (χ4v) is 2.79. The van der Waals surface area contributed by atoms with E-state index in [0.717, 1.165) is 26.2 Å². The summed E-state index contributed by atoms with van der Waals surface area (Å²) in [6.07, 6.45) is 3.12. The van der Waals surface area contributed by atoms with Gasteiger partial charge in [-0.2, -0.15) is 0 Å². The van der Waals surface area contributed by atoms with Crippen LogP contribution < -0.4 is 5.32 Å². The first kappa shape index (κ1) is 21.6. The molecule has 126 valence electrons. The van der Waals surface area contributed by atoms with E-state index in [1.54, 1.807) is 6.08 Å². The molecule has 22 heavy (non-hydrogen) atoms. The summed E-state index contributed by atoms with van der Waals surface area (Å²) in [4.78, 5) is 2.11. The van der Waals surface area contributed by atoms with Gasteiger partial charge in [0.15, 0.2) is 0 Å². The minimum Gasteiger partial charge on any atom is -0.314 e. The molecule has 1 aromatic carbocycles. The maximum Gasteiger partial charge on any atom is 0.149 e. The van der Waals surface area contributed by atoms with E-state index in [0.29, 0.717) is 12.8 Å². The minimum absolute atomic E-state index is 0. The number of halogens is 5. The van der Waals surface area contributed by atoms with E-state index in [1.165, 1.54) is 12.1 Å². The molecule has 1 saturated heterocycles. The fraction of sp³-hybridized carbons (Fsp3) is 0.467. The van der Waals surface area contributed by atoms with Crippen molar-refractivity contribution in [3.63, 3.8) is 0 Å². The number of nitrogens with zero attached hydrogens (tertiary/aromatic N) is 1. The van der Waals surface area contributed by atoms with Gasteiger partial charge in [-0.1, -0.05) is 17.7 Å². The smallest absolute Gasteiger partial charge is 0.149 e. The van der Waals surface area contributed by atoms with Crippen LogP contribution in [0.15, 0.2) is 24.8 Å². The molecule has 7 heteroatoms. The molecule has 0 amide bonds. The largest absolute Gasteiger partial charge is 0.314 e. The molecule has 1 N–H and O–H groups in total. The van der Waals surface area contributed by atoms with E-state index < -0.39 is 11.6 Å². The van der Waals surface area contributed by atoms with Crippen LogP contribution in [0.2, 0.25) is 5.02 Å². The number of benzene rings is 1. The standard InChI is InChI=1S/C15H19ClF2N2.2ClH/c1-2-3-4-13(20-9-7-19-8-10-20)14-12(17)6-5-11(16)15(14)18;;/h2,5-6,13,19H,1,3-4,7-10H2;2*1H/t13-;;/m0../s1.